The first-order chi connectivity index (χ1) is 15.7. The van der Waals surface area contributed by atoms with Crippen molar-refractivity contribution in [1.82, 2.24) is 25.1 Å². The first-order valence-corrected chi connectivity index (χ1v) is 9.79. The van der Waals surface area contributed by atoms with Crippen LogP contribution in [0, 0.1) is 10.1 Å². The lowest BCUT2D eigenvalue weighted by Crippen LogP contribution is -2.30. The smallest absolute Gasteiger partial charge is 0.345 e. The molecule has 1 unspecified atom stereocenters. The minimum atomic E-state index is -4.60. The van der Waals surface area contributed by atoms with Crippen molar-refractivity contribution in [3.8, 4) is 0 Å². The van der Waals surface area contributed by atoms with E-state index in [2.05, 4.69) is 20.4 Å². The molecule has 0 fully saturated rings. The van der Waals surface area contributed by atoms with Crippen molar-refractivity contribution < 1.29 is 22.9 Å². The van der Waals surface area contributed by atoms with E-state index in [0.717, 1.165) is 11.8 Å². The highest BCUT2D eigenvalue weighted by Gasteiger charge is 2.34. The summed E-state index contributed by atoms with van der Waals surface area (Å²) in [5.74, 6) is -1.45. The number of imidazole rings is 1. The lowest BCUT2D eigenvalue weighted by molar-refractivity contribution is -0.385. The molecule has 4 aromatic rings. The third kappa shape index (κ3) is 5.00. The summed E-state index contributed by atoms with van der Waals surface area (Å²) >= 11 is 0. The Kier molecular flexibility index (Phi) is 5.82. The topological polar surface area (TPSA) is 119 Å². The lowest BCUT2D eigenvalue weighted by atomic mass is 9.98. The van der Waals surface area contributed by atoms with Gasteiger partial charge in [-0.1, -0.05) is 36.4 Å². The van der Waals surface area contributed by atoms with Gasteiger partial charge >= 0.3 is 11.9 Å². The molecule has 0 saturated heterocycles. The average molecular weight is 458 g/mol. The standard InChI is InChI=1S/C21H17F3N6O3/c22-21(23,24)20-26-16-7-6-14(10-17(16)27-20)19(13-4-2-1-3-5-13)28-18(31)8-9-29-12-15(11-25-29)30(32)33/h1-7,10-12,19H,8-9H2,(H,26,27)(H,28,31). The van der Waals surface area contributed by atoms with Crippen LogP contribution in [0.25, 0.3) is 11.0 Å². The maximum absolute atomic E-state index is 13.0. The van der Waals surface area contributed by atoms with Crippen molar-refractivity contribution in [2.75, 3.05) is 0 Å². The number of aromatic amines is 1. The Balaban J connectivity index is 1.56. The number of amides is 1. The number of alkyl halides is 3. The molecule has 2 aromatic carbocycles. The number of benzene rings is 2. The molecule has 12 heteroatoms. The molecule has 170 valence electrons. The number of hydrogen-bond donors (Lipinski definition) is 2. The summed E-state index contributed by atoms with van der Waals surface area (Å²) in [5, 5.41) is 17.5. The van der Waals surface area contributed by atoms with Gasteiger partial charge in [-0.15, -0.1) is 0 Å². The third-order valence-electron chi connectivity index (χ3n) is 4.94. The third-order valence-corrected chi connectivity index (χ3v) is 4.94. The number of rotatable bonds is 7. The molecule has 0 radical (unpaired) electrons. The molecule has 0 spiro atoms. The summed E-state index contributed by atoms with van der Waals surface area (Å²) in [5.41, 5.74) is 1.47. The number of halogens is 3. The second kappa shape index (κ2) is 8.73. The normalized spacial score (nSPS) is 12.6. The number of nitro groups is 1. The number of hydrogen-bond acceptors (Lipinski definition) is 5. The molecule has 33 heavy (non-hydrogen) atoms. The van der Waals surface area contributed by atoms with Gasteiger partial charge in [0, 0.05) is 13.0 Å². The molecular formula is C21H17F3N6O3. The Bertz CT molecular complexity index is 1300. The zero-order valence-electron chi connectivity index (χ0n) is 16.9. The second-order valence-electron chi connectivity index (χ2n) is 7.24. The fourth-order valence-electron chi connectivity index (χ4n) is 3.36. The fraction of sp³-hybridized carbons (Fsp3) is 0.190. The van der Waals surface area contributed by atoms with E-state index in [0.29, 0.717) is 5.56 Å². The maximum atomic E-state index is 13.0. The number of nitrogens with one attached hydrogen (secondary N) is 2. The molecule has 0 saturated carbocycles. The van der Waals surface area contributed by atoms with E-state index in [-0.39, 0.29) is 35.6 Å². The van der Waals surface area contributed by atoms with Gasteiger partial charge in [0.15, 0.2) is 0 Å². The minimum Gasteiger partial charge on any atom is -0.345 e. The number of nitrogens with zero attached hydrogens (tertiary/aromatic N) is 4. The SMILES string of the molecule is O=C(CCn1cc([N+](=O)[O-])cn1)NC(c1ccccc1)c1ccc2nc(C(F)(F)F)[nH]c2c1. The van der Waals surface area contributed by atoms with Crippen molar-refractivity contribution in [2.24, 2.45) is 0 Å². The summed E-state index contributed by atoms with van der Waals surface area (Å²) in [6.07, 6.45) is -2.29. The summed E-state index contributed by atoms with van der Waals surface area (Å²) in [6.45, 7) is 0.121. The Labute approximate surface area is 184 Å². The molecule has 0 aliphatic rings. The molecule has 0 aliphatic heterocycles. The average Bonchev–Trinajstić information content (AvgIpc) is 3.43. The van der Waals surface area contributed by atoms with Crippen LogP contribution >= 0.6 is 0 Å². The van der Waals surface area contributed by atoms with Crippen LogP contribution in [0.4, 0.5) is 18.9 Å². The van der Waals surface area contributed by atoms with Crippen molar-refractivity contribution in [1.29, 1.82) is 0 Å². The van der Waals surface area contributed by atoms with Crippen LogP contribution in [0.15, 0.2) is 60.9 Å². The quantitative estimate of drug-likeness (QED) is 0.321. The highest BCUT2D eigenvalue weighted by Crippen LogP contribution is 2.30. The van der Waals surface area contributed by atoms with Crippen molar-refractivity contribution in [2.45, 2.75) is 25.2 Å². The largest absolute Gasteiger partial charge is 0.449 e. The number of carbonyl (C=O) groups is 1. The minimum absolute atomic E-state index is 0.00725. The van der Waals surface area contributed by atoms with Crippen molar-refractivity contribution in [3.05, 3.63) is 88.0 Å². The summed E-state index contributed by atoms with van der Waals surface area (Å²) in [6, 6.07) is 12.9. The molecule has 2 N–H and O–H groups in total. The summed E-state index contributed by atoms with van der Waals surface area (Å²) in [4.78, 5) is 28.7. The van der Waals surface area contributed by atoms with E-state index in [9.17, 15) is 28.1 Å². The zero-order valence-corrected chi connectivity index (χ0v) is 16.9. The van der Waals surface area contributed by atoms with Crippen molar-refractivity contribution >= 4 is 22.6 Å². The number of aromatic nitrogens is 4. The molecule has 2 heterocycles. The van der Waals surface area contributed by atoms with Gasteiger partial charge in [0.05, 0.1) is 22.0 Å². The Morgan fingerprint density at radius 1 is 1.18 bits per heavy atom. The van der Waals surface area contributed by atoms with Gasteiger partial charge in [-0.25, -0.2) is 4.98 Å². The monoisotopic (exact) mass is 458 g/mol. The Morgan fingerprint density at radius 2 is 1.94 bits per heavy atom. The van der Waals surface area contributed by atoms with Gasteiger partial charge < -0.3 is 10.3 Å². The first kappa shape index (κ1) is 22.0. The van der Waals surface area contributed by atoms with Crippen LogP contribution in [-0.4, -0.2) is 30.6 Å². The van der Waals surface area contributed by atoms with Gasteiger partial charge in [0.25, 0.3) is 0 Å². The van der Waals surface area contributed by atoms with Gasteiger partial charge in [-0.2, -0.15) is 18.3 Å². The number of H-pyrrole nitrogens is 1. The number of carbonyl (C=O) groups excluding carboxylic acids is 1. The predicted octanol–water partition coefficient (Wildman–Crippen LogP) is 3.98. The second-order valence-corrected chi connectivity index (χ2v) is 7.24. The molecule has 9 nitrogen and oxygen atoms in total. The van der Waals surface area contributed by atoms with E-state index >= 15 is 0 Å². The van der Waals surface area contributed by atoms with E-state index in [4.69, 9.17) is 0 Å². The summed E-state index contributed by atoms with van der Waals surface area (Å²) in [7, 11) is 0. The van der Waals surface area contributed by atoms with Gasteiger partial charge in [-0.3, -0.25) is 19.6 Å². The van der Waals surface area contributed by atoms with Crippen LogP contribution < -0.4 is 5.32 Å². The van der Waals surface area contributed by atoms with Gasteiger partial charge in [0.2, 0.25) is 11.7 Å². The molecule has 2 aromatic heterocycles. The number of aryl methyl sites for hydroxylation is 1. The maximum Gasteiger partial charge on any atom is 0.449 e. The zero-order chi connectivity index (χ0) is 23.6. The van der Waals surface area contributed by atoms with Gasteiger partial charge in [-0.05, 0) is 23.3 Å². The fourth-order valence-corrected chi connectivity index (χ4v) is 3.36. The molecule has 0 bridgehead atoms. The van der Waals surface area contributed by atoms with E-state index in [1.165, 1.54) is 23.0 Å². The van der Waals surface area contributed by atoms with E-state index in [1.54, 1.807) is 36.4 Å². The van der Waals surface area contributed by atoms with Crippen LogP contribution in [0.5, 0.6) is 0 Å². The van der Waals surface area contributed by atoms with Crippen LogP contribution in [-0.2, 0) is 17.5 Å². The molecule has 0 aliphatic carbocycles. The highest BCUT2D eigenvalue weighted by molar-refractivity contribution is 5.79. The van der Waals surface area contributed by atoms with Crippen LogP contribution in [0.1, 0.15) is 29.4 Å². The first-order valence-electron chi connectivity index (χ1n) is 9.79. The van der Waals surface area contributed by atoms with Crippen molar-refractivity contribution in [3.63, 3.8) is 0 Å². The Morgan fingerprint density at radius 3 is 2.61 bits per heavy atom. The highest BCUT2D eigenvalue weighted by atomic mass is 19.4. The van der Waals surface area contributed by atoms with E-state index < -0.39 is 23.0 Å². The molecule has 1 atom stereocenters. The van der Waals surface area contributed by atoms with E-state index in [1.807, 2.05) is 0 Å². The van der Waals surface area contributed by atoms with Crippen LogP contribution in [0.2, 0.25) is 0 Å². The van der Waals surface area contributed by atoms with Crippen LogP contribution in [0.3, 0.4) is 0 Å². The molecule has 1 amide bonds. The summed E-state index contributed by atoms with van der Waals surface area (Å²) < 4.78 is 40.3. The molecule has 4 rings (SSSR count). The molecular weight excluding hydrogens is 441 g/mol. The predicted molar refractivity (Wildman–Crippen MR) is 111 cm³/mol. The lowest BCUT2D eigenvalue weighted by Gasteiger charge is -2.20. The van der Waals surface area contributed by atoms with Gasteiger partial charge in [0.1, 0.15) is 12.4 Å². The number of fused-ring (bicyclic) bond motifs is 1. The Hall–Kier alpha value is -4.22.